The van der Waals surface area contributed by atoms with Crippen LogP contribution in [0.15, 0.2) is 0 Å². The van der Waals surface area contributed by atoms with Gasteiger partial charge in [-0.25, -0.2) is 0 Å². The molecule has 0 spiro atoms. The monoisotopic (exact) mass is 125 g/mol. The normalized spacial score (nSPS) is 33.6. The summed E-state index contributed by atoms with van der Waals surface area (Å²) in [5, 5.41) is 11.5. The smallest absolute Gasteiger partial charge is 0.264 e. The second kappa shape index (κ2) is 1.74. The summed E-state index contributed by atoms with van der Waals surface area (Å²) in [6.07, 6.45) is 5.22. The predicted molar refractivity (Wildman–Crippen MR) is 31.4 cm³/mol. The third-order valence-corrected chi connectivity index (χ3v) is 1.39. The summed E-state index contributed by atoms with van der Waals surface area (Å²) >= 11 is 0. The average Bonchev–Trinajstić information content (AvgIpc) is 2.15. The number of terminal acetylenes is 1. The summed E-state index contributed by atoms with van der Waals surface area (Å²) in [7, 11) is 0. The van der Waals surface area contributed by atoms with Crippen LogP contribution in [-0.4, -0.2) is 23.2 Å². The molecule has 0 bridgehead atoms. The van der Waals surface area contributed by atoms with Crippen molar-refractivity contribution < 1.29 is 9.90 Å². The molecule has 3 heteroatoms. The second-order valence-electron chi connectivity index (χ2n) is 2.01. The van der Waals surface area contributed by atoms with E-state index in [9.17, 15) is 4.79 Å². The molecule has 1 aliphatic rings. The maximum Gasteiger partial charge on any atom is 0.264 e. The van der Waals surface area contributed by atoms with Gasteiger partial charge >= 0.3 is 0 Å². The Bertz CT molecular complexity index is 182. The van der Waals surface area contributed by atoms with Crippen molar-refractivity contribution in [1.29, 1.82) is 0 Å². The maximum atomic E-state index is 10.6. The van der Waals surface area contributed by atoms with Crippen LogP contribution in [0.3, 0.4) is 0 Å². The van der Waals surface area contributed by atoms with E-state index in [1.807, 2.05) is 5.92 Å². The summed E-state index contributed by atoms with van der Waals surface area (Å²) in [6, 6.07) is 0. The van der Waals surface area contributed by atoms with Gasteiger partial charge in [-0.3, -0.25) is 4.79 Å². The zero-order valence-electron chi connectivity index (χ0n) is 4.85. The van der Waals surface area contributed by atoms with Crippen molar-refractivity contribution in [2.45, 2.75) is 12.0 Å². The van der Waals surface area contributed by atoms with Crippen molar-refractivity contribution in [3.05, 3.63) is 0 Å². The number of hydrogen-bond acceptors (Lipinski definition) is 2. The van der Waals surface area contributed by atoms with Crippen LogP contribution < -0.4 is 5.32 Å². The third-order valence-electron chi connectivity index (χ3n) is 1.39. The zero-order valence-corrected chi connectivity index (χ0v) is 4.85. The Morgan fingerprint density at radius 2 is 2.56 bits per heavy atom. The Kier molecular flexibility index (Phi) is 1.19. The van der Waals surface area contributed by atoms with E-state index in [1.54, 1.807) is 0 Å². The van der Waals surface area contributed by atoms with Gasteiger partial charge in [0.05, 0.1) is 0 Å². The van der Waals surface area contributed by atoms with Gasteiger partial charge in [0.2, 0.25) is 5.60 Å². The van der Waals surface area contributed by atoms with Gasteiger partial charge in [-0.2, -0.15) is 0 Å². The van der Waals surface area contributed by atoms with Gasteiger partial charge in [-0.1, -0.05) is 5.92 Å². The molecule has 0 aromatic heterocycles. The lowest BCUT2D eigenvalue weighted by Crippen LogP contribution is -2.35. The summed E-state index contributed by atoms with van der Waals surface area (Å²) < 4.78 is 0. The number of carbonyl (C=O) groups is 1. The molecule has 1 heterocycles. The minimum absolute atomic E-state index is 0.322. The quantitative estimate of drug-likeness (QED) is 0.402. The first-order valence-corrected chi connectivity index (χ1v) is 2.67. The SMILES string of the molecule is C#C[C@]1(O)CCNC1=O. The summed E-state index contributed by atoms with van der Waals surface area (Å²) in [5.74, 6) is 1.58. The van der Waals surface area contributed by atoms with Crippen LogP contribution in [0.2, 0.25) is 0 Å². The average molecular weight is 125 g/mol. The molecule has 9 heavy (non-hydrogen) atoms. The highest BCUT2D eigenvalue weighted by Crippen LogP contribution is 2.13. The van der Waals surface area contributed by atoms with Crippen molar-refractivity contribution in [3.63, 3.8) is 0 Å². The Morgan fingerprint density at radius 1 is 1.89 bits per heavy atom. The Hall–Kier alpha value is -1.01. The van der Waals surface area contributed by atoms with Gasteiger partial charge in [-0.15, -0.1) is 6.42 Å². The van der Waals surface area contributed by atoms with Gasteiger partial charge in [-0.05, 0) is 0 Å². The fraction of sp³-hybridized carbons (Fsp3) is 0.500. The Morgan fingerprint density at radius 3 is 2.78 bits per heavy atom. The molecule has 0 unspecified atom stereocenters. The lowest BCUT2D eigenvalue weighted by molar-refractivity contribution is -0.130. The molecule has 2 N–H and O–H groups in total. The first-order valence-electron chi connectivity index (χ1n) is 2.67. The molecule has 3 nitrogen and oxygen atoms in total. The van der Waals surface area contributed by atoms with Crippen molar-refractivity contribution in [2.24, 2.45) is 0 Å². The van der Waals surface area contributed by atoms with Crippen LogP contribution in [-0.2, 0) is 4.79 Å². The van der Waals surface area contributed by atoms with Gasteiger partial charge in [0, 0.05) is 13.0 Å². The van der Waals surface area contributed by atoms with Crippen LogP contribution in [0.1, 0.15) is 6.42 Å². The molecule has 1 rings (SSSR count). The van der Waals surface area contributed by atoms with E-state index in [0.717, 1.165) is 0 Å². The molecule has 0 saturated carbocycles. The van der Waals surface area contributed by atoms with E-state index in [-0.39, 0.29) is 0 Å². The number of hydrogen-bond donors (Lipinski definition) is 2. The predicted octanol–water partition coefficient (Wildman–Crippen LogP) is -1.13. The molecule has 1 atom stereocenters. The largest absolute Gasteiger partial charge is 0.369 e. The molecule has 1 aliphatic heterocycles. The van der Waals surface area contributed by atoms with Crippen molar-refractivity contribution >= 4 is 5.91 Å². The molecule has 0 aromatic carbocycles. The lowest BCUT2D eigenvalue weighted by Gasteiger charge is -2.08. The molecular formula is C6H7NO2. The van der Waals surface area contributed by atoms with Crippen LogP contribution in [0.5, 0.6) is 0 Å². The van der Waals surface area contributed by atoms with Gasteiger partial charge in [0.25, 0.3) is 5.91 Å². The van der Waals surface area contributed by atoms with E-state index in [4.69, 9.17) is 11.5 Å². The first-order chi connectivity index (χ1) is 4.19. The number of carbonyl (C=O) groups excluding carboxylic acids is 1. The van der Waals surface area contributed by atoms with E-state index in [0.29, 0.717) is 13.0 Å². The molecule has 0 radical (unpaired) electrons. The van der Waals surface area contributed by atoms with Gasteiger partial charge in [0.15, 0.2) is 0 Å². The van der Waals surface area contributed by atoms with Crippen LogP contribution in [0.25, 0.3) is 0 Å². The number of rotatable bonds is 0. The fourth-order valence-corrected chi connectivity index (χ4v) is 0.754. The van der Waals surface area contributed by atoms with Gasteiger partial charge < -0.3 is 10.4 Å². The van der Waals surface area contributed by atoms with Crippen LogP contribution in [0.4, 0.5) is 0 Å². The first kappa shape index (κ1) is 6.12. The highest BCUT2D eigenvalue weighted by molar-refractivity contribution is 5.90. The maximum absolute atomic E-state index is 10.6. The molecule has 1 saturated heterocycles. The molecule has 1 fully saturated rings. The highest BCUT2D eigenvalue weighted by atomic mass is 16.3. The summed E-state index contributed by atoms with van der Waals surface area (Å²) in [5.41, 5.74) is -1.53. The number of nitrogens with one attached hydrogen (secondary N) is 1. The lowest BCUT2D eigenvalue weighted by atomic mass is 10.1. The minimum Gasteiger partial charge on any atom is -0.369 e. The fourth-order valence-electron chi connectivity index (χ4n) is 0.754. The number of aliphatic hydroxyl groups is 1. The molecule has 0 aromatic rings. The second-order valence-corrected chi connectivity index (χ2v) is 2.01. The summed E-state index contributed by atoms with van der Waals surface area (Å²) in [6.45, 7) is 0.472. The van der Waals surface area contributed by atoms with Crippen LogP contribution >= 0.6 is 0 Å². The third kappa shape index (κ3) is 0.775. The standard InChI is InChI=1S/C6H7NO2/c1-2-6(9)3-4-7-5(6)8/h1,9H,3-4H2,(H,7,8)/t6-/m0/s1. The minimum atomic E-state index is -1.53. The van der Waals surface area contributed by atoms with Crippen molar-refractivity contribution in [1.82, 2.24) is 5.32 Å². The number of amides is 1. The topological polar surface area (TPSA) is 49.3 Å². The van der Waals surface area contributed by atoms with E-state index in [1.165, 1.54) is 0 Å². The van der Waals surface area contributed by atoms with Gasteiger partial charge in [0.1, 0.15) is 0 Å². The Labute approximate surface area is 53.1 Å². The van der Waals surface area contributed by atoms with E-state index in [2.05, 4.69) is 5.32 Å². The Balaban J connectivity index is 2.82. The van der Waals surface area contributed by atoms with E-state index < -0.39 is 11.5 Å². The summed E-state index contributed by atoms with van der Waals surface area (Å²) in [4.78, 5) is 10.6. The van der Waals surface area contributed by atoms with Crippen molar-refractivity contribution in [2.75, 3.05) is 6.54 Å². The molecule has 0 aliphatic carbocycles. The van der Waals surface area contributed by atoms with Crippen molar-refractivity contribution in [3.8, 4) is 12.3 Å². The highest BCUT2D eigenvalue weighted by Gasteiger charge is 2.38. The van der Waals surface area contributed by atoms with Crippen LogP contribution in [0, 0.1) is 12.3 Å². The molecular weight excluding hydrogens is 118 g/mol. The molecule has 1 amide bonds. The zero-order chi connectivity index (χ0) is 6.91. The molecule has 48 valence electrons. The van der Waals surface area contributed by atoms with E-state index >= 15 is 0 Å².